The summed E-state index contributed by atoms with van der Waals surface area (Å²) in [5.74, 6) is 0. The van der Waals surface area contributed by atoms with Gasteiger partial charge in [0.1, 0.15) is 0 Å². The van der Waals surface area contributed by atoms with Gasteiger partial charge in [0.2, 0.25) is 0 Å². The minimum Gasteiger partial charge on any atom is -0.304 e. The van der Waals surface area contributed by atoms with Crippen LogP contribution in [0.15, 0.2) is 46.9 Å². The predicted octanol–water partition coefficient (Wildman–Crippen LogP) is 5.09. The van der Waals surface area contributed by atoms with E-state index < -0.39 is 0 Å². The molecular formula is C18H22BrN. The van der Waals surface area contributed by atoms with Crippen LogP contribution in [0, 0.1) is 13.8 Å². The Balaban J connectivity index is 2.15. The largest absolute Gasteiger partial charge is 0.304 e. The molecule has 0 unspecified atom stereocenters. The van der Waals surface area contributed by atoms with E-state index in [1.54, 1.807) is 0 Å². The van der Waals surface area contributed by atoms with Gasteiger partial charge in [-0.3, -0.25) is 0 Å². The number of halogens is 1. The van der Waals surface area contributed by atoms with Crippen LogP contribution >= 0.6 is 15.9 Å². The molecule has 0 aliphatic heterocycles. The molecule has 106 valence electrons. The Labute approximate surface area is 130 Å². The summed E-state index contributed by atoms with van der Waals surface area (Å²) in [6, 6.07) is 15.0. The maximum Gasteiger partial charge on any atom is 0.0380 e. The second kappa shape index (κ2) is 6.11. The molecule has 2 heteroatoms. The van der Waals surface area contributed by atoms with Gasteiger partial charge in [0.15, 0.2) is 0 Å². The van der Waals surface area contributed by atoms with Crippen molar-refractivity contribution in [1.29, 1.82) is 0 Å². The quantitative estimate of drug-likeness (QED) is 0.822. The summed E-state index contributed by atoms with van der Waals surface area (Å²) in [5, 5.41) is 3.68. The molecule has 0 aliphatic rings. The number of rotatable bonds is 4. The lowest BCUT2D eigenvalue weighted by Crippen LogP contribution is -2.36. The maximum absolute atomic E-state index is 3.68. The molecule has 2 aromatic carbocycles. The Morgan fingerprint density at radius 2 is 1.50 bits per heavy atom. The third kappa shape index (κ3) is 3.50. The fourth-order valence-electron chi connectivity index (χ4n) is 2.41. The van der Waals surface area contributed by atoms with Gasteiger partial charge in [0.25, 0.3) is 0 Å². The van der Waals surface area contributed by atoms with E-state index in [4.69, 9.17) is 0 Å². The van der Waals surface area contributed by atoms with Crippen molar-refractivity contribution in [2.75, 3.05) is 0 Å². The van der Waals surface area contributed by atoms with Crippen molar-refractivity contribution in [2.45, 2.75) is 39.8 Å². The highest BCUT2D eigenvalue weighted by Gasteiger charge is 2.20. The first-order valence-corrected chi connectivity index (χ1v) is 7.75. The van der Waals surface area contributed by atoms with Gasteiger partial charge in [-0.05, 0) is 62.1 Å². The molecule has 0 amide bonds. The number of aryl methyl sites for hydroxylation is 2. The first kappa shape index (κ1) is 15.3. The van der Waals surface area contributed by atoms with Crippen LogP contribution in [-0.4, -0.2) is 0 Å². The summed E-state index contributed by atoms with van der Waals surface area (Å²) in [5.41, 5.74) is 5.35. The number of benzene rings is 2. The highest BCUT2D eigenvalue weighted by molar-refractivity contribution is 9.10. The zero-order chi connectivity index (χ0) is 14.8. The Kier molecular flexibility index (Phi) is 4.66. The van der Waals surface area contributed by atoms with E-state index >= 15 is 0 Å². The molecule has 0 fully saturated rings. The predicted molar refractivity (Wildman–Crippen MR) is 89.9 cm³/mol. The van der Waals surface area contributed by atoms with E-state index in [0.717, 1.165) is 11.0 Å². The van der Waals surface area contributed by atoms with Crippen molar-refractivity contribution < 1.29 is 0 Å². The van der Waals surface area contributed by atoms with Crippen molar-refractivity contribution in [3.63, 3.8) is 0 Å². The number of hydrogen-bond donors (Lipinski definition) is 1. The second-order valence-corrected chi connectivity index (χ2v) is 6.77. The Bertz CT molecular complexity index is 565. The van der Waals surface area contributed by atoms with Crippen molar-refractivity contribution in [3.8, 4) is 0 Å². The van der Waals surface area contributed by atoms with Gasteiger partial charge in [0, 0.05) is 16.6 Å². The summed E-state index contributed by atoms with van der Waals surface area (Å²) in [6.07, 6.45) is 0. The summed E-state index contributed by atoms with van der Waals surface area (Å²) < 4.78 is 1.12. The molecule has 0 saturated heterocycles. The van der Waals surface area contributed by atoms with Crippen LogP contribution in [0.2, 0.25) is 0 Å². The minimum absolute atomic E-state index is 0.0462. The van der Waals surface area contributed by atoms with E-state index in [0.29, 0.717) is 0 Å². The minimum atomic E-state index is -0.0462. The molecule has 1 N–H and O–H groups in total. The zero-order valence-corrected chi connectivity index (χ0v) is 14.2. The summed E-state index contributed by atoms with van der Waals surface area (Å²) >= 11 is 3.49. The average Bonchev–Trinajstić information content (AvgIpc) is 2.38. The van der Waals surface area contributed by atoms with Crippen molar-refractivity contribution in [2.24, 2.45) is 0 Å². The topological polar surface area (TPSA) is 12.0 Å². The molecule has 0 bridgehead atoms. The lowest BCUT2D eigenvalue weighted by atomic mass is 9.93. The molecule has 20 heavy (non-hydrogen) atoms. The van der Waals surface area contributed by atoms with Crippen LogP contribution < -0.4 is 5.32 Å². The van der Waals surface area contributed by atoms with Gasteiger partial charge in [-0.1, -0.05) is 46.3 Å². The summed E-state index contributed by atoms with van der Waals surface area (Å²) in [4.78, 5) is 0. The Morgan fingerprint density at radius 3 is 2.05 bits per heavy atom. The number of nitrogens with one attached hydrogen (secondary N) is 1. The smallest absolute Gasteiger partial charge is 0.0380 e. The Hall–Kier alpha value is -1.12. The molecule has 1 nitrogen and oxygen atoms in total. The fourth-order valence-corrected chi connectivity index (χ4v) is 2.67. The maximum atomic E-state index is 3.68. The molecule has 0 radical (unpaired) electrons. The monoisotopic (exact) mass is 331 g/mol. The Morgan fingerprint density at radius 1 is 0.950 bits per heavy atom. The highest BCUT2D eigenvalue weighted by atomic mass is 79.9. The summed E-state index contributed by atoms with van der Waals surface area (Å²) in [6.45, 7) is 9.70. The molecule has 2 rings (SSSR count). The van der Waals surface area contributed by atoms with Gasteiger partial charge < -0.3 is 5.32 Å². The summed E-state index contributed by atoms with van der Waals surface area (Å²) in [7, 11) is 0. The van der Waals surface area contributed by atoms with Crippen LogP contribution in [-0.2, 0) is 12.1 Å². The van der Waals surface area contributed by atoms with Crippen LogP contribution in [0.3, 0.4) is 0 Å². The van der Waals surface area contributed by atoms with Crippen molar-refractivity contribution in [1.82, 2.24) is 5.32 Å². The van der Waals surface area contributed by atoms with Crippen molar-refractivity contribution >= 4 is 15.9 Å². The van der Waals surface area contributed by atoms with Crippen LogP contribution in [0.5, 0.6) is 0 Å². The number of hydrogen-bond acceptors (Lipinski definition) is 1. The van der Waals surface area contributed by atoms with Crippen LogP contribution in [0.4, 0.5) is 0 Å². The first-order chi connectivity index (χ1) is 9.40. The molecule has 0 atom stereocenters. The first-order valence-electron chi connectivity index (χ1n) is 6.96. The highest BCUT2D eigenvalue weighted by Crippen LogP contribution is 2.23. The van der Waals surface area contributed by atoms with Gasteiger partial charge in [-0.2, -0.15) is 0 Å². The molecule has 0 aliphatic carbocycles. The lowest BCUT2D eigenvalue weighted by molar-refractivity contribution is 0.400. The fraction of sp³-hybridized carbons (Fsp3) is 0.333. The molecule has 0 heterocycles. The molecular weight excluding hydrogens is 310 g/mol. The lowest BCUT2D eigenvalue weighted by Gasteiger charge is -2.28. The van der Waals surface area contributed by atoms with Crippen molar-refractivity contribution in [3.05, 3.63) is 69.2 Å². The van der Waals surface area contributed by atoms with Crippen LogP contribution in [0.1, 0.15) is 36.1 Å². The molecule has 2 aromatic rings. The van der Waals surface area contributed by atoms with E-state index in [9.17, 15) is 0 Å². The zero-order valence-electron chi connectivity index (χ0n) is 12.6. The molecule has 0 aromatic heterocycles. The van der Waals surface area contributed by atoms with Gasteiger partial charge in [-0.25, -0.2) is 0 Å². The average molecular weight is 332 g/mol. The van der Waals surface area contributed by atoms with E-state index in [-0.39, 0.29) is 5.54 Å². The standard InChI is InChI=1S/C18H22BrN/c1-13-6-5-7-14(2)17(13)12-20-18(3,4)15-8-10-16(19)11-9-15/h5-11,20H,12H2,1-4H3. The van der Waals surface area contributed by atoms with Gasteiger partial charge >= 0.3 is 0 Å². The van der Waals surface area contributed by atoms with Gasteiger partial charge in [-0.15, -0.1) is 0 Å². The second-order valence-electron chi connectivity index (χ2n) is 5.86. The van der Waals surface area contributed by atoms with Crippen LogP contribution in [0.25, 0.3) is 0 Å². The molecule has 0 saturated carbocycles. The normalized spacial score (nSPS) is 11.7. The molecule has 0 spiro atoms. The van der Waals surface area contributed by atoms with E-state index in [2.05, 4.69) is 91.4 Å². The van der Waals surface area contributed by atoms with E-state index in [1.165, 1.54) is 22.3 Å². The third-order valence-corrected chi connectivity index (χ3v) is 4.45. The SMILES string of the molecule is Cc1cccc(C)c1CNC(C)(C)c1ccc(Br)cc1. The van der Waals surface area contributed by atoms with E-state index in [1.807, 2.05) is 0 Å². The van der Waals surface area contributed by atoms with Gasteiger partial charge in [0.05, 0.1) is 0 Å². The third-order valence-electron chi connectivity index (χ3n) is 3.92.